The van der Waals surface area contributed by atoms with E-state index in [0.717, 1.165) is 16.7 Å². The summed E-state index contributed by atoms with van der Waals surface area (Å²) in [5.74, 6) is -2.91. The van der Waals surface area contributed by atoms with Gasteiger partial charge < -0.3 is 10.2 Å². The zero-order valence-corrected chi connectivity index (χ0v) is 13.6. The first-order valence-corrected chi connectivity index (χ1v) is 7.76. The molecule has 0 aliphatic carbocycles. The van der Waals surface area contributed by atoms with Crippen LogP contribution in [0.3, 0.4) is 0 Å². The molecule has 0 atom stereocenters. The second-order valence-electron chi connectivity index (χ2n) is 5.72. The Morgan fingerprint density at radius 3 is 2.48 bits per heavy atom. The number of nitrogens with two attached hydrogens (primary N) is 1. The normalized spacial score (nSPS) is 12.4. The molecule has 3 aromatic rings. The fourth-order valence-electron chi connectivity index (χ4n) is 2.58. The van der Waals surface area contributed by atoms with Crippen LogP contribution in [0.25, 0.3) is 23.3 Å². The van der Waals surface area contributed by atoms with Crippen molar-refractivity contribution in [3.8, 4) is 0 Å². The van der Waals surface area contributed by atoms with Crippen LogP contribution in [0.5, 0.6) is 0 Å². The number of nitrogens with zero attached hydrogens (tertiary/aromatic N) is 1. The minimum absolute atomic E-state index is 0.339. The average molecular weight is 346 g/mol. The predicted molar refractivity (Wildman–Crippen MR) is 91.9 cm³/mol. The molecule has 0 aliphatic rings. The van der Waals surface area contributed by atoms with Gasteiger partial charge in [0.2, 0.25) is 0 Å². The molecule has 0 spiro atoms. The number of oxazole rings is 1. The third-order valence-electron chi connectivity index (χ3n) is 3.94. The average Bonchev–Trinajstić information content (AvgIpc) is 3.01. The van der Waals surface area contributed by atoms with E-state index >= 15 is 0 Å². The van der Waals surface area contributed by atoms with Gasteiger partial charge in [-0.25, -0.2) is 9.37 Å². The summed E-state index contributed by atoms with van der Waals surface area (Å²) < 4.78 is 44.5. The Morgan fingerprint density at radius 2 is 1.84 bits per heavy atom. The number of alkyl halides is 3. The highest BCUT2D eigenvalue weighted by molar-refractivity contribution is 5.89. The SMILES string of the molecule is Cc1nc2c(/C=C/c3ccc(C(F)(F)CF)cc3)ccc(CN)c2o1. The monoisotopic (exact) mass is 346 g/mol. The second kappa shape index (κ2) is 6.72. The van der Waals surface area contributed by atoms with Gasteiger partial charge >= 0.3 is 5.92 Å². The number of rotatable bonds is 5. The fraction of sp³-hybridized carbons (Fsp3) is 0.211. The van der Waals surface area contributed by atoms with Crippen LogP contribution in [0.2, 0.25) is 0 Å². The zero-order chi connectivity index (χ0) is 18.0. The van der Waals surface area contributed by atoms with Crippen LogP contribution in [-0.4, -0.2) is 11.7 Å². The van der Waals surface area contributed by atoms with Crippen molar-refractivity contribution >= 4 is 23.3 Å². The minimum Gasteiger partial charge on any atom is -0.441 e. The van der Waals surface area contributed by atoms with Crippen molar-refractivity contribution < 1.29 is 17.6 Å². The van der Waals surface area contributed by atoms with E-state index in [-0.39, 0.29) is 5.56 Å². The van der Waals surface area contributed by atoms with E-state index in [2.05, 4.69) is 4.98 Å². The summed E-state index contributed by atoms with van der Waals surface area (Å²) in [7, 11) is 0. The zero-order valence-electron chi connectivity index (χ0n) is 13.6. The molecule has 0 unspecified atom stereocenters. The molecular weight excluding hydrogens is 329 g/mol. The Balaban J connectivity index is 1.91. The van der Waals surface area contributed by atoms with Crippen molar-refractivity contribution in [1.29, 1.82) is 0 Å². The van der Waals surface area contributed by atoms with E-state index in [1.54, 1.807) is 13.0 Å². The Labute approximate surface area is 143 Å². The van der Waals surface area contributed by atoms with Crippen LogP contribution in [0.15, 0.2) is 40.8 Å². The molecule has 0 saturated carbocycles. The summed E-state index contributed by atoms with van der Waals surface area (Å²) in [5.41, 5.74) is 9.15. The first-order valence-electron chi connectivity index (χ1n) is 7.76. The number of fused-ring (bicyclic) bond motifs is 1. The highest BCUT2D eigenvalue weighted by Gasteiger charge is 2.31. The molecular formula is C19H17F3N2O. The minimum atomic E-state index is -3.45. The fourth-order valence-corrected chi connectivity index (χ4v) is 2.58. The van der Waals surface area contributed by atoms with Gasteiger partial charge in [-0.3, -0.25) is 0 Å². The van der Waals surface area contributed by atoms with Crippen LogP contribution in [0.4, 0.5) is 13.2 Å². The van der Waals surface area contributed by atoms with Gasteiger partial charge in [-0.05, 0) is 5.56 Å². The summed E-state index contributed by atoms with van der Waals surface area (Å²) in [6.07, 6.45) is 3.60. The summed E-state index contributed by atoms with van der Waals surface area (Å²) in [6.45, 7) is 0.399. The molecule has 0 bridgehead atoms. The third kappa shape index (κ3) is 3.44. The summed E-state index contributed by atoms with van der Waals surface area (Å²) in [5, 5.41) is 0. The Hall–Kier alpha value is -2.60. The Morgan fingerprint density at radius 1 is 1.12 bits per heavy atom. The van der Waals surface area contributed by atoms with Crippen LogP contribution in [0, 0.1) is 6.92 Å². The number of aryl methyl sites for hydroxylation is 1. The maximum absolute atomic E-state index is 13.3. The van der Waals surface area contributed by atoms with E-state index in [1.165, 1.54) is 24.3 Å². The highest BCUT2D eigenvalue weighted by atomic mass is 19.3. The molecule has 25 heavy (non-hydrogen) atoms. The molecule has 0 amide bonds. The second-order valence-corrected chi connectivity index (χ2v) is 5.72. The summed E-state index contributed by atoms with van der Waals surface area (Å²) >= 11 is 0. The highest BCUT2D eigenvalue weighted by Crippen LogP contribution is 2.29. The van der Waals surface area contributed by atoms with E-state index in [4.69, 9.17) is 10.2 Å². The lowest BCUT2D eigenvalue weighted by Crippen LogP contribution is -2.15. The van der Waals surface area contributed by atoms with Gasteiger partial charge in [-0.2, -0.15) is 8.78 Å². The predicted octanol–water partition coefficient (Wildman–Crippen LogP) is 4.83. The molecule has 0 saturated heterocycles. The number of hydrogen-bond acceptors (Lipinski definition) is 3. The van der Waals surface area contributed by atoms with Gasteiger partial charge in [0.05, 0.1) is 0 Å². The van der Waals surface area contributed by atoms with Crippen LogP contribution in [0.1, 0.15) is 28.1 Å². The molecule has 0 fully saturated rings. The number of hydrogen-bond donors (Lipinski definition) is 1. The molecule has 130 valence electrons. The first kappa shape index (κ1) is 17.2. The van der Waals surface area contributed by atoms with Gasteiger partial charge in [0.25, 0.3) is 0 Å². The number of benzene rings is 2. The van der Waals surface area contributed by atoms with Crippen molar-refractivity contribution in [3.63, 3.8) is 0 Å². The molecule has 3 rings (SSSR count). The van der Waals surface area contributed by atoms with E-state index < -0.39 is 12.6 Å². The van der Waals surface area contributed by atoms with E-state index in [1.807, 2.05) is 18.2 Å². The topological polar surface area (TPSA) is 52.0 Å². The lowest BCUT2D eigenvalue weighted by Gasteiger charge is -2.12. The van der Waals surface area contributed by atoms with Gasteiger partial charge in [-0.15, -0.1) is 0 Å². The van der Waals surface area contributed by atoms with Crippen molar-refractivity contribution in [2.24, 2.45) is 5.73 Å². The van der Waals surface area contributed by atoms with Crippen LogP contribution < -0.4 is 5.73 Å². The molecule has 2 aromatic carbocycles. The van der Waals surface area contributed by atoms with Crippen molar-refractivity contribution in [1.82, 2.24) is 4.98 Å². The molecule has 6 heteroatoms. The Bertz CT molecular complexity index is 914. The molecule has 0 aliphatic heterocycles. The van der Waals surface area contributed by atoms with Crippen molar-refractivity contribution in [3.05, 3.63) is 64.5 Å². The van der Waals surface area contributed by atoms with Gasteiger partial charge in [-0.1, -0.05) is 48.6 Å². The Kier molecular flexibility index (Phi) is 4.63. The maximum atomic E-state index is 13.3. The van der Waals surface area contributed by atoms with E-state index in [9.17, 15) is 13.2 Å². The molecule has 1 heterocycles. The summed E-state index contributed by atoms with van der Waals surface area (Å²) in [4.78, 5) is 4.38. The molecule has 3 nitrogen and oxygen atoms in total. The number of aromatic nitrogens is 1. The standard InChI is InChI=1S/C19H17F3N2O/c1-12-24-17-14(6-7-15(10-23)18(17)25-12)5-2-13-3-8-16(9-4-13)19(21,22)11-20/h2-9H,10-11,23H2,1H3/b5-2+. The number of halogens is 3. The lowest BCUT2D eigenvalue weighted by atomic mass is 10.0. The smallest absolute Gasteiger partial charge is 0.301 e. The summed E-state index contributed by atoms with van der Waals surface area (Å²) in [6, 6.07) is 9.26. The van der Waals surface area contributed by atoms with Crippen LogP contribution >= 0.6 is 0 Å². The van der Waals surface area contributed by atoms with Crippen molar-refractivity contribution in [2.75, 3.05) is 6.67 Å². The largest absolute Gasteiger partial charge is 0.441 e. The lowest BCUT2D eigenvalue weighted by molar-refractivity contribution is -0.0280. The molecule has 0 radical (unpaired) electrons. The molecule has 1 aromatic heterocycles. The van der Waals surface area contributed by atoms with Gasteiger partial charge in [0.1, 0.15) is 5.52 Å². The maximum Gasteiger partial charge on any atom is 0.301 e. The van der Waals surface area contributed by atoms with Crippen molar-refractivity contribution in [2.45, 2.75) is 19.4 Å². The third-order valence-corrected chi connectivity index (χ3v) is 3.94. The van der Waals surface area contributed by atoms with Crippen LogP contribution in [-0.2, 0) is 12.5 Å². The quantitative estimate of drug-likeness (QED) is 0.674. The van der Waals surface area contributed by atoms with Gasteiger partial charge in [0.15, 0.2) is 18.1 Å². The van der Waals surface area contributed by atoms with Gasteiger partial charge in [0, 0.05) is 30.2 Å². The van der Waals surface area contributed by atoms with E-state index in [0.29, 0.717) is 23.5 Å². The first-order chi connectivity index (χ1) is 11.9. The molecule has 2 N–H and O–H groups in total.